The first-order valence-corrected chi connectivity index (χ1v) is 16.1. The summed E-state index contributed by atoms with van der Waals surface area (Å²) in [5, 5.41) is 12.6. The number of hydrazine groups is 1. The molecule has 1 aromatic heterocycles. The van der Waals surface area contributed by atoms with E-state index >= 15 is 4.79 Å². The molecule has 0 bridgehead atoms. The van der Waals surface area contributed by atoms with E-state index in [-0.39, 0.29) is 18.7 Å². The van der Waals surface area contributed by atoms with Crippen LogP contribution in [0.4, 0.5) is 5.69 Å². The summed E-state index contributed by atoms with van der Waals surface area (Å²) >= 11 is 0. The first kappa shape index (κ1) is 30.2. The first-order valence-electron chi connectivity index (χ1n) is 16.1. The minimum absolute atomic E-state index is 0.0456. The number of amides is 2. The van der Waals surface area contributed by atoms with Crippen molar-refractivity contribution in [2.75, 3.05) is 12.5 Å². The molecule has 4 atom stereocenters. The van der Waals surface area contributed by atoms with Crippen LogP contribution in [-0.2, 0) is 21.5 Å². The van der Waals surface area contributed by atoms with Crippen LogP contribution in [0.5, 0.6) is 11.5 Å². The highest BCUT2D eigenvalue weighted by Crippen LogP contribution is 2.63. The van der Waals surface area contributed by atoms with Gasteiger partial charge in [-0.25, -0.2) is 23.5 Å². The summed E-state index contributed by atoms with van der Waals surface area (Å²) < 4.78 is 9.50. The average molecular weight is 656 g/mol. The van der Waals surface area contributed by atoms with Gasteiger partial charge >= 0.3 is 11.4 Å². The topological polar surface area (TPSA) is 128 Å². The van der Waals surface area contributed by atoms with E-state index in [1.54, 1.807) is 54.6 Å². The highest BCUT2D eigenvalue weighted by atomic mass is 16.5. The van der Waals surface area contributed by atoms with Gasteiger partial charge in [0.15, 0.2) is 0 Å². The van der Waals surface area contributed by atoms with Crippen molar-refractivity contribution in [3.05, 3.63) is 152 Å². The van der Waals surface area contributed by atoms with Gasteiger partial charge in [-0.15, -0.1) is 0 Å². The van der Waals surface area contributed by atoms with Gasteiger partial charge < -0.3 is 9.84 Å². The van der Waals surface area contributed by atoms with Gasteiger partial charge in [0.2, 0.25) is 0 Å². The Kier molecular flexibility index (Phi) is 6.95. The summed E-state index contributed by atoms with van der Waals surface area (Å²) in [7, 11) is 1.51. The van der Waals surface area contributed by atoms with Gasteiger partial charge in [-0.2, -0.15) is 5.01 Å². The number of carbonyl (C=O) groups excluding carboxylic acids is 2. The van der Waals surface area contributed by atoms with Gasteiger partial charge in [-0.1, -0.05) is 72.3 Å². The lowest BCUT2D eigenvalue weighted by Gasteiger charge is -2.49. The van der Waals surface area contributed by atoms with E-state index in [0.717, 1.165) is 15.1 Å². The Labute approximate surface area is 280 Å². The number of hydrogen-bond acceptors (Lipinski definition) is 7. The number of anilines is 1. The van der Waals surface area contributed by atoms with Crippen LogP contribution in [0.15, 0.2) is 124 Å². The third-order valence-electron chi connectivity index (χ3n) is 10.2. The molecule has 8 rings (SSSR count). The van der Waals surface area contributed by atoms with Gasteiger partial charge in [0.25, 0.3) is 11.8 Å². The number of allylic oxidation sites excluding steroid dienone is 2. The summed E-state index contributed by atoms with van der Waals surface area (Å²) in [5.74, 6) is -2.53. The van der Waals surface area contributed by atoms with E-state index in [1.165, 1.54) is 22.5 Å². The number of phenolic OH excluding ortho intramolecular Hbond substituents is 1. The molecular weight excluding hydrogens is 622 g/mol. The summed E-state index contributed by atoms with van der Waals surface area (Å²) in [4.78, 5) is 58.0. The van der Waals surface area contributed by atoms with Crippen LogP contribution in [0.25, 0.3) is 5.69 Å². The zero-order valence-corrected chi connectivity index (χ0v) is 26.8. The Bertz CT molecular complexity index is 2270. The normalized spacial score (nSPS) is 22.6. The molecule has 4 unspecified atom stereocenters. The molecule has 1 saturated carbocycles. The summed E-state index contributed by atoms with van der Waals surface area (Å²) in [6.45, 7) is 1.99. The number of aromatic hydroxyl groups is 1. The van der Waals surface area contributed by atoms with E-state index in [1.807, 2.05) is 55.5 Å². The van der Waals surface area contributed by atoms with E-state index in [2.05, 4.69) is 5.43 Å². The summed E-state index contributed by atoms with van der Waals surface area (Å²) in [6, 6.07) is 29.2. The number of phenols is 1. The van der Waals surface area contributed by atoms with E-state index < -0.39 is 46.5 Å². The molecule has 2 fully saturated rings. The van der Waals surface area contributed by atoms with Crippen molar-refractivity contribution in [1.82, 2.24) is 18.9 Å². The van der Waals surface area contributed by atoms with Gasteiger partial charge in [0.1, 0.15) is 11.5 Å². The van der Waals surface area contributed by atoms with E-state index in [0.29, 0.717) is 33.8 Å². The number of methoxy groups -OCH3 is 1. The number of rotatable bonds is 6. The smallest absolute Gasteiger partial charge is 0.352 e. The predicted molar refractivity (Wildman–Crippen MR) is 182 cm³/mol. The number of nitrogens with one attached hydrogen (secondary N) is 1. The van der Waals surface area contributed by atoms with Crippen LogP contribution in [0.1, 0.15) is 35.1 Å². The van der Waals surface area contributed by atoms with Crippen molar-refractivity contribution in [2.45, 2.75) is 37.3 Å². The second kappa shape index (κ2) is 11.3. The molecule has 49 heavy (non-hydrogen) atoms. The number of imide groups is 1. The molecule has 3 heterocycles. The maximum atomic E-state index is 15.2. The van der Waals surface area contributed by atoms with Crippen LogP contribution in [0.2, 0.25) is 0 Å². The van der Waals surface area contributed by atoms with Crippen molar-refractivity contribution in [3.8, 4) is 17.2 Å². The fourth-order valence-corrected chi connectivity index (χ4v) is 8.04. The molecule has 2 amide bonds. The third kappa shape index (κ3) is 4.35. The highest BCUT2D eigenvalue weighted by molar-refractivity contribution is 6.12. The third-order valence-corrected chi connectivity index (χ3v) is 10.2. The number of para-hydroxylation sites is 1. The molecule has 0 spiro atoms. The van der Waals surface area contributed by atoms with E-state index in [4.69, 9.17) is 4.74 Å². The number of nitrogens with zero attached hydrogens (tertiary/aromatic N) is 4. The molecule has 246 valence electrons. The molecule has 5 aromatic rings. The maximum Gasteiger partial charge on any atom is 0.352 e. The molecule has 2 aliphatic heterocycles. The second-order valence-corrected chi connectivity index (χ2v) is 12.7. The molecule has 11 nitrogen and oxygen atoms in total. The van der Waals surface area contributed by atoms with Crippen LogP contribution < -0.4 is 21.5 Å². The highest BCUT2D eigenvalue weighted by Gasteiger charge is 2.69. The largest absolute Gasteiger partial charge is 0.508 e. The minimum atomic E-state index is -1.53. The molecule has 1 saturated heterocycles. The molecular formula is C38H33N5O6. The van der Waals surface area contributed by atoms with Gasteiger partial charge in [-0.3, -0.25) is 15.0 Å². The lowest BCUT2D eigenvalue weighted by Crippen LogP contribution is -2.53. The SMILES string of the molecule is COc1ccc(O)c(C2C3=CCn4c(=O)n(-c5ccccc5)c(=O)n4C3CC3C(=O)N(Nc4ccc(C)cc4)C(=O)C32c2ccccc2)c1. The van der Waals surface area contributed by atoms with Gasteiger partial charge in [0, 0.05) is 11.5 Å². The number of aryl methyl sites for hydroxylation is 1. The summed E-state index contributed by atoms with van der Waals surface area (Å²) in [6.07, 6.45) is 1.91. The zero-order valence-electron chi connectivity index (χ0n) is 26.8. The summed E-state index contributed by atoms with van der Waals surface area (Å²) in [5.41, 5.74) is 4.08. The van der Waals surface area contributed by atoms with Crippen molar-refractivity contribution >= 4 is 17.5 Å². The molecule has 0 radical (unpaired) electrons. The van der Waals surface area contributed by atoms with Crippen LogP contribution in [-0.4, -0.2) is 43.0 Å². The number of carbonyl (C=O) groups is 2. The van der Waals surface area contributed by atoms with Crippen molar-refractivity contribution in [1.29, 1.82) is 0 Å². The quantitative estimate of drug-likeness (QED) is 0.205. The van der Waals surface area contributed by atoms with Crippen molar-refractivity contribution in [2.24, 2.45) is 5.92 Å². The van der Waals surface area contributed by atoms with Crippen molar-refractivity contribution in [3.63, 3.8) is 0 Å². The number of hydrogen-bond donors (Lipinski definition) is 2. The average Bonchev–Trinajstić information content (AvgIpc) is 3.51. The molecule has 11 heteroatoms. The predicted octanol–water partition coefficient (Wildman–Crippen LogP) is 4.44. The van der Waals surface area contributed by atoms with Crippen LogP contribution in [0.3, 0.4) is 0 Å². The Morgan fingerprint density at radius 1 is 0.857 bits per heavy atom. The molecule has 3 aliphatic rings. The first-order chi connectivity index (χ1) is 23.7. The van der Waals surface area contributed by atoms with E-state index in [9.17, 15) is 19.5 Å². The standard InChI is InChI=1S/C38H33N5O6/c1-23-13-15-25(16-14-23)39-42-34(45)30-22-31-28(19-20-40-36(47)41(37(48)43(31)40)26-11-7-4-8-12-26)33(29-21-27(49-2)17-18-32(29)44)38(30,35(42)46)24-9-5-3-6-10-24/h3-19,21,30-31,33,39,44H,20,22H2,1-2H3. The molecule has 1 aliphatic carbocycles. The van der Waals surface area contributed by atoms with Gasteiger partial charge in [0.05, 0.1) is 42.4 Å². The van der Waals surface area contributed by atoms with Crippen molar-refractivity contribution < 1.29 is 19.4 Å². The fourth-order valence-electron chi connectivity index (χ4n) is 8.04. The number of fused-ring (bicyclic) bond motifs is 4. The Hall–Kier alpha value is -6.10. The van der Waals surface area contributed by atoms with Crippen LogP contribution in [0, 0.1) is 12.8 Å². The zero-order chi connectivity index (χ0) is 34.0. The van der Waals surface area contributed by atoms with Crippen LogP contribution >= 0.6 is 0 Å². The lowest BCUT2D eigenvalue weighted by molar-refractivity contribution is -0.138. The number of ether oxygens (including phenoxy) is 1. The Morgan fingerprint density at radius 3 is 2.24 bits per heavy atom. The Morgan fingerprint density at radius 2 is 1.55 bits per heavy atom. The number of benzene rings is 4. The second-order valence-electron chi connectivity index (χ2n) is 12.7. The minimum Gasteiger partial charge on any atom is -0.508 e. The Balaban J connectivity index is 1.39. The maximum absolute atomic E-state index is 15.2. The monoisotopic (exact) mass is 655 g/mol. The molecule has 4 aromatic carbocycles. The lowest BCUT2D eigenvalue weighted by atomic mass is 9.53. The van der Waals surface area contributed by atoms with Gasteiger partial charge in [-0.05, 0) is 66.9 Å². The number of aromatic nitrogens is 3. The molecule has 2 N–H and O–H groups in total. The fraction of sp³-hybridized carbons (Fsp3) is 0.211.